The number of hydrogen-bond acceptors (Lipinski definition) is 5. The number of aryl methyl sites for hydroxylation is 3. The Morgan fingerprint density at radius 2 is 2.08 bits per heavy atom. The zero-order chi connectivity index (χ0) is 18.3. The normalized spacial score (nSPS) is 13.6. The number of rotatable bonds is 3. The Labute approximate surface area is 150 Å². The van der Waals surface area contributed by atoms with E-state index in [0.29, 0.717) is 16.9 Å². The third kappa shape index (κ3) is 2.79. The van der Waals surface area contributed by atoms with Crippen LogP contribution in [0.25, 0.3) is 11.1 Å². The van der Waals surface area contributed by atoms with E-state index in [-0.39, 0.29) is 23.7 Å². The molecule has 0 spiro atoms. The molecule has 7 nitrogen and oxygen atoms in total. The van der Waals surface area contributed by atoms with Crippen LogP contribution in [-0.2, 0) is 24.2 Å². The standard InChI is InChI=1S/C19H20N4O3/c1-11-17-18(26-22-11)20-12(2)23(19(17)25)10-16(24)21-15-9-5-7-13-6-3-4-8-14(13)15/h5,7,9H,3-4,6,8,10H2,1-2H3,(H,21,24). The number of hydrogen-bond donors (Lipinski definition) is 1. The second-order valence-electron chi connectivity index (χ2n) is 6.70. The van der Waals surface area contributed by atoms with Gasteiger partial charge in [0.1, 0.15) is 17.8 Å². The summed E-state index contributed by atoms with van der Waals surface area (Å²) in [5.41, 5.74) is 3.72. The second kappa shape index (κ2) is 6.40. The zero-order valence-electron chi connectivity index (χ0n) is 14.8. The van der Waals surface area contributed by atoms with Gasteiger partial charge in [-0.3, -0.25) is 14.2 Å². The second-order valence-corrected chi connectivity index (χ2v) is 6.70. The van der Waals surface area contributed by atoms with Gasteiger partial charge in [0.05, 0.1) is 5.69 Å². The number of benzene rings is 1. The Morgan fingerprint density at radius 1 is 1.27 bits per heavy atom. The maximum Gasteiger partial charge on any atom is 0.267 e. The average molecular weight is 352 g/mol. The van der Waals surface area contributed by atoms with E-state index in [1.165, 1.54) is 22.1 Å². The van der Waals surface area contributed by atoms with Gasteiger partial charge in [0.15, 0.2) is 0 Å². The topological polar surface area (TPSA) is 90.0 Å². The number of anilines is 1. The largest absolute Gasteiger partial charge is 0.335 e. The molecule has 134 valence electrons. The van der Waals surface area contributed by atoms with Crippen molar-refractivity contribution in [3.8, 4) is 0 Å². The Hall–Kier alpha value is -2.96. The summed E-state index contributed by atoms with van der Waals surface area (Å²) in [6, 6.07) is 6.00. The van der Waals surface area contributed by atoms with Crippen LogP contribution in [0.1, 0.15) is 35.5 Å². The lowest BCUT2D eigenvalue weighted by atomic mass is 9.90. The minimum atomic E-state index is -0.309. The van der Waals surface area contributed by atoms with Crippen LogP contribution in [0.15, 0.2) is 27.5 Å². The quantitative estimate of drug-likeness (QED) is 0.782. The Kier molecular flexibility index (Phi) is 4.06. The molecule has 7 heteroatoms. The molecule has 3 aromatic rings. The van der Waals surface area contributed by atoms with E-state index in [4.69, 9.17) is 4.52 Å². The molecule has 0 saturated carbocycles. The van der Waals surface area contributed by atoms with Crippen molar-refractivity contribution < 1.29 is 9.32 Å². The lowest BCUT2D eigenvalue weighted by Gasteiger charge is -2.19. The minimum absolute atomic E-state index is 0.0953. The summed E-state index contributed by atoms with van der Waals surface area (Å²) in [6.45, 7) is 3.27. The van der Waals surface area contributed by atoms with Crippen LogP contribution in [0.4, 0.5) is 5.69 Å². The highest BCUT2D eigenvalue weighted by Gasteiger charge is 2.18. The lowest BCUT2D eigenvalue weighted by molar-refractivity contribution is -0.116. The first kappa shape index (κ1) is 16.5. The first-order valence-corrected chi connectivity index (χ1v) is 8.78. The highest BCUT2D eigenvalue weighted by atomic mass is 16.5. The van der Waals surface area contributed by atoms with E-state index in [2.05, 4.69) is 21.5 Å². The Morgan fingerprint density at radius 3 is 2.92 bits per heavy atom. The van der Waals surface area contributed by atoms with Crippen LogP contribution in [0, 0.1) is 13.8 Å². The molecule has 0 aliphatic heterocycles. The first-order valence-electron chi connectivity index (χ1n) is 8.78. The van der Waals surface area contributed by atoms with Gasteiger partial charge in [-0.15, -0.1) is 0 Å². The first-order chi connectivity index (χ1) is 12.5. The van der Waals surface area contributed by atoms with Gasteiger partial charge in [0.25, 0.3) is 11.3 Å². The molecular weight excluding hydrogens is 332 g/mol. The number of carbonyl (C=O) groups excluding carboxylic acids is 1. The van der Waals surface area contributed by atoms with Crippen molar-refractivity contribution in [1.82, 2.24) is 14.7 Å². The minimum Gasteiger partial charge on any atom is -0.335 e. The number of nitrogens with zero attached hydrogens (tertiary/aromatic N) is 3. The van der Waals surface area contributed by atoms with Crippen LogP contribution < -0.4 is 10.9 Å². The lowest BCUT2D eigenvalue weighted by Crippen LogP contribution is -2.30. The fourth-order valence-electron chi connectivity index (χ4n) is 3.59. The van der Waals surface area contributed by atoms with Crippen molar-refractivity contribution in [3.63, 3.8) is 0 Å². The molecule has 0 saturated heterocycles. The van der Waals surface area contributed by atoms with Gasteiger partial charge < -0.3 is 9.84 Å². The summed E-state index contributed by atoms with van der Waals surface area (Å²) in [5, 5.41) is 7.07. The molecular formula is C19H20N4O3. The summed E-state index contributed by atoms with van der Waals surface area (Å²) in [6.07, 6.45) is 4.33. The van der Waals surface area contributed by atoms with Crippen molar-refractivity contribution in [2.24, 2.45) is 0 Å². The zero-order valence-corrected chi connectivity index (χ0v) is 14.8. The van der Waals surface area contributed by atoms with Crippen LogP contribution in [-0.4, -0.2) is 20.6 Å². The molecule has 1 aliphatic rings. The molecule has 0 atom stereocenters. The molecule has 2 aromatic heterocycles. The molecule has 2 heterocycles. The molecule has 1 N–H and O–H groups in total. The molecule has 0 unspecified atom stereocenters. The van der Waals surface area contributed by atoms with Gasteiger partial charge in [0.2, 0.25) is 5.91 Å². The highest BCUT2D eigenvalue weighted by molar-refractivity contribution is 5.91. The van der Waals surface area contributed by atoms with Gasteiger partial charge >= 0.3 is 0 Å². The monoisotopic (exact) mass is 352 g/mol. The van der Waals surface area contributed by atoms with E-state index in [9.17, 15) is 9.59 Å². The fraction of sp³-hybridized carbons (Fsp3) is 0.368. The smallest absolute Gasteiger partial charge is 0.267 e. The van der Waals surface area contributed by atoms with Crippen LogP contribution in [0.5, 0.6) is 0 Å². The Balaban J connectivity index is 1.63. The summed E-state index contributed by atoms with van der Waals surface area (Å²) >= 11 is 0. The predicted molar refractivity (Wildman–Crippen MR) is 97.3 cm³/mol. The van der Waals surface area contributed by atoms with E-state index >= 15 is 0 Å². The predicted octanol–water partition coefficient (Wildman–Crippen LogP) is 2.52. The maximum atomic E-state index is 12.7. The van der Waals surface area contributed by atoms with E-state index in [1.807, 2.05) is 12.1 Å². The molecule has 1 amide bonds. The maximum absolute atomic E-state index is 12.7. The van der Waals surface area contributed by atoms with Gasteiger partial charge in [-0.1, -0.05) is 17.3 Å². The molecule has 0 bridgehead atoms. The third-order valence-corrected chi connectivity index (χ3v) is 4.93. The number of fused-ring (bicyclic) bond motifs is 2. The molecule has 1 aliphatic carbocycles. The SMILES string of the molecule is Cc1noc2nc(C)n(CC(=O)Nc3cccc4c3CCCC4)c(=O)c12. The number of amides is 1. The molecule has 26 heavy (non-hydrogen) atoms. The summed E-state index contributed by atoms with van der Waals surface area (Å²) < 4.78 is 6.41. The van der Waals surface area contributed by atoms with Gasteiger partial charge in [-0.05, 0) is 56.7 Å². The molecule has 4 rings (SSSR count). The molecule has 0 fully saturated rings. The summed E-state index contributed by atoms with van der Waals surface area (Å²) in [5.74, 6) is 0.174. The van der Waals surface area contributed by atoms with Gasteiger partial charge in [-0.25, -0.2) is 0 Å². The Bertz CT molecular complexity index is 1060. The fourth-order valence-corrected chi connectivity index (χ4v) is 3.59. The highest BCUT2D eigenvalue weighted by Crippen LogP contribution is 2.27. The van der Waals surface area contributed by atoms with Crippen molar-refractivity contribution in [1.29, 1.82) is 0 Å². The number of nitrogens with one attached hydrogen (secondary N) is 1. The number of carbonyl (C=O) groups is 1. The van der Waals surface area contributed by atoms with Crippen molar-refractivity contribution in [3.05, 3.63) is 51.2 Å². The number of aromatic nitrogens is 3. The van der Waals surface area contributed by atoms with Gasteiger partial charge in [0, 0.05) is 5.69 Å². The molecule has 0 radical (unpaired) electrons. The van der Waals surface area contributed by atoms with E-state index in [1.54, 1.807) is 13.8 Å². The third-order valence-electron chi connectivity index (χ3n) is 4.93. The van der Waals surface area contributed by atoms with Gasteiger partial charge in [-0.2, -0.15) is 4.98 Å². The van der Waals surface area contributed by atoms with Crippen LogP contribution in [0.2, 0.25) is 0 Å². The van der Waals surface area contributed by atoms with E-state index in [0.717, 1.165) is 24.9 Å². The van der Waals surface area contributed by atoms with Crippen molar-refractivity contribution in [2.75, 3.05) is 5.32 Å². The van der Waals surface area contributed by atoms with Crippen molar-refractivity contribution in [2.45, 2.75) is 46.1 Å². The van der Waals surface area contributed by atoms with Crippen molar-refractivity contribution >= 4 is 22.7 Å². The average Bonchev–Trinajstić information content (AvgIpc) is 2.99. The van der Waals surface area contributed by atoms with Crippen LogP contribution in [0.3, 0.4) is 0 Å². The molecule has 1 aromatic carbocycles. The summed E-state index contributed by atoms with van der Waals surface area (Å²) in [4.78, 5) is 29.5. The summed E-state index contributed by atoms with van der Waals surface area (Å²) in [7, 11) is 0. The van der Waals surface area contributed by atoms with E-state index < -0.39 is 0 Å². The van der Waals surface area contributed by atoms with Crippen LogP contribution >= 0.6 is 0 Å².